The van der Waals surface area contributed by atoms with E-state index >= 15 is 0 Å². The van der Waals surface area contributed by atoms with Gasteiger partial charge in [0, 0.05) is 29.9 Å². The van der Waals surface area contributed by atoms with Crippen LogP contribution in [0.5, 0.6) is 0 Å². The van der Waals surface area contributed by atoms with Crippen molar-refractivity contribution in [3.8, 4) is 0 Å². The lowest BCUT2D eigenvalue weighted by molar-refractivity contribution is 0.0932. The van der Waals surface area contributed by atoms with E-state index in [0.717, 1.165) is 37.7 Å². The van der Waals surface area contributed by atoms with Gasteiger partial charge in [-0.15, -0.1) is 0 Å². The molecule has 8 heteroatoms. The molecule has 1 aliphatic heterocycles. The summed E-state index contributed by atoms with van der Waals surface area (Å²) >= 11 is 0. The fraction of sp³-hybridized carbons (Fsp3) is 0.360. The number of hydrogen-bond acceptors (Lipinski definition) is 4. The Balaban J connectivity index is 1.29. The van der Waals surface area contributed by atoms with Gasteiger partial charge in [-0.3, -0.25) is 9.48 Å². The Kier molecular flexibility index (Phi) is 6.03. The van der Waals surface area contributed by atoms with Crippen LogP contribution in [0.4, 0.5) is 0 Å². The van der Waals surface area contributed by atoms with E-state index in [2.05, 4.69) is 22.5 Å². The molecule has 1 aromatic heterocycles. The molecule has 3 aromatic rings. The Morgan fingerprint density at radius 1 is 1.00 bits per heavy atom. The van der Waals surface area contributed by atoms with E-state index in [0.29, 0.717) is 25.2 Å². The number of aromatic nitrogens is 2. The van der Waals surface area contributed by atoms with Crippen molar-refractivity contribution < 1.29 is 13.2 Å². The van der Waals surface area contributed by atoms with Gasteiger partial charge in [0.15, 0.2) is 0 Å². The number of benzene rings is 2. The van der Waals surface area contributed by atoms with E-state index in [9.17, 15) is 13.2 Å². The van der Waals surface area contributed by atoms with Gasteiger partial charge in [0.05, 0.1) is 23.7 Å². The van der Waals surface area contributed by atoms with Crippen LogP contribution in [0.2, 0.25) is 0 Å². The summed E-state index contributed by atoms with van der Waals surface area (Å²) in [5.41, 5.74) is 3.89. The van der Waals surface area contributed by atoms with Gasteiger partial charge in [-0.1, -0.05) is 30.3 Å². The molecule has 1 amide bonds. The first-order valence-corrected chi connectivity index (χ1v) is 13.0. The molecule has 2 aromatic carbocycles. The van der Waals surface area contributed by atoms with Crippen molar-refractivity contribution in [3.63, 3.8) is 0 Å². The van der Waals surface area contributed by atoms with Crippen molar-refractivity contribution in [1.29, 1.82) is 0 Å². The topological polar surface area (TPSA) is 84.3 Å². The summed E-state index contributed by atoms with van der Waals surface area (Å²) in [7, 11) is -3.48. The van der Waals surface area contributed by atoms with Crippen LogP contribution in [0.1, 0.15) is 58.9 Å². The van der Waals surface area contributed by atoms with E-state index < -0.39 is 10.0 Å². The van der Waals surface area contributed by atoms with Crippen LogP contribution in [0.15, 0.2) is 65.7 Å². The third-order valence-electron chi connectivity index (χ3n) is 6.56. The van der Waals surface area contributed by atoms with Gasteiger partial charge in [0.2, 0.25) is 10.0 Å². The average Bonchev–Trinajstić information content (AvgIpc) is 3.52. The van der Waals surface area contributed by atoms with Crippen LogP contribution in [0, 0.1) is 0 Å². The molecule has 1 aliphatic carbocycles. The molecule has 7 nitrogen and oxygen atoms in total. The number of fused-ring (bicyclic) bond motifs is 1. The molecule has 0 bridgehead atoms. The van der Waals surface area contributed by atoms with E-state index in [1.165, 1.54) is 27.7 Å². The maximum Gasteiger partial charge on any atom is 0.251 e. The number of carbonyl (C=O) groups is 1. The number of nitrogens with zero attached hydrogens (tertiary/aromatic N) is 3. The normalized spacial score (nSPS) is 18.7. The summed E-state index contributed by atoms with van der Waals surface area (Å²) in [5.74, 6) is -0.200. The van der Waals surface area contributed by atoms with E-state index in [4.69, 9.17) is 0 Å². The number of rotatable bonds is 6. The number of hydrogen-bond donors (Lipinski definition) is 1. The molecule has 1 saturated heterocycles. The van der Waals surface area contributed by atoms with Crippen LogP contribution in [-0.2, 0) is 23.0 Å². The average molecular weight is 465 g/mol. The predicted molar refractivity (Wildman–Crippen MR) is 125 cm³/mol. The van der Waals surface area contributed by atoms with Gasteiger partial charge in [-0.25, -0.2) is 8.42 Å². The quantitative estimate of drug-likeness (QED) is 0.605. The molecule has 1 unspecified atom stereocenters. The van der Waals surface area contributed by atoms with Gasteiger partial charge in [-0.2, -0.15) is 9.40 Å². The smallest absolute Gasteiger partial charge is 0.251 e. The van der Waals surface area contributed by atoms with E-state index in [-0.39, 0.29) is 16.8 Å². The Morgan fingerprint density at radius 2 is 1.73 bits per heavy atom. The molecule has 172 valence electrons. The predicted octanol–water partition coefficient (Wildman–Crippen LogP) is 3.52. The zero-order valence-corrected chi connectivity index (χ0v) is 19.3. The fourth-order valence-corrected chi connectivity index (χ4v) is 6.28. The summed E-state index contributed by atoms with van der Waals surface area (Å²) in [6.07, 6.45) is 6.43. The molecule has 2 heterocycles. The lowest BCUT2D eigenvalue weighted by atomic mass is 9.92. The van der Waals surface area contributed by atoms with Crippen molar-refractivity contribution >= 4 is 15.9 Å². The molecular formula is C25H28N4O3S. The maximum absolute atomic E-state index is 12.9. The summed E-state index contributed by atoms with van der Waals surface area (Å²) in [6, 6.07) is 16.4. The van der Waals surface area contributed by atoms with E-state index in [1.54, 1.807) is 12.1 Å². The van der Waals surface area contributed by atoms with Crippen LogP contribution >= 0.6 is 0 Å². The van der Waals surface area contributed by atoms with Crippen molar-refractivity contribution in [2.24, 2.45) is 0 Å². The zero-order chi connectivity index (χ0) is 22.8. The highest BCUT2D eigenvalue weighted by Crippen LogP contribution is 2.30. The summed E-state index contributed by atoms with van der Waals surface area (Å²) in [6.45, 7) is 1.84. The van der Waals surface area contributed by atoms with Crippen molar-refractivity contribution in [3.05, 3.63) is 83.2 Å². The van der Waals surface area contributed by atoms with Gasteiger partial charge in [-0.05, 0) is 61.9 Å². The summed E-state index contributed by atoms with van der Waals surface area (Å²) < 4.78 is 29.0. The van der Waals surface area contributed by atoms with Crippen LogP contribution in [0.25, 0.3) is 0 Å². The second kappa shape index (κ2) is 9.11. The Hall–Kier alpha value is -2.97. The van der Waals surface area contributed by atoms with Crippen LogP contribution in [-0.4, -0.2) is 41.5 Å². The van der Waals surface area contributed by atoms with Crippen molar-refractivity contribution in [2.45, 2.75) is 49.6 Å². The maximum atomic E-state index is 12.9. The first kappa shape index (κ1) is 21.9. The highest BCUT2D eigenvalue weighted by Gasteiger charge is 2.28. The number of carbonyl (C=O) groups excluding carboxylic acids is 1. The highest BCUT2D eigenvalue weighted by atomic mass is 32.2. The molecule has 1 N–H and O–H groups in total. The molecule has 33 heavy (non-hydrogen) atoms. The van der Waals surface area contributed by atoms with Gasteiger partial charge in [0.25, 0.3) is 5.91 Å². The molecule has 0 radical (unpaired) electrons. The third-order valence-corrected chi connectivity index (χ3v) is 8.48. The highest BCUT2D eigenvalue weighted by molar-refractivity contribution is 7.89. The molecular weight excluding hydrogens is 436 g/mol. The molecule has 2 aliphatic rings. The van der Waals surface area contributed by atoms with E-state index in [1.807, 2.05) is 29.1 Å². The SMILES string of the molecule is O=C(NC1CCCc2c1cnn2Cc1ccccc1)c1ccc(S(=O)(=O)N2CCCC2)cc1. The minimum absolute atomic E-state index is 0.0983. The largest absolute Gasteiger partial charge is 0.345 e. The Bertz CT molecular complexity index is 1230. The molecule has 5 rings (SSSR count). The number of amides is 1. The molecule has 1 fully saturated rings. The van der Waals surface area contributed by atoms with Crippen LogP contribution in [0.3, 0.4) is 0 Å². The minimum Gasteiger partial charge on any atom is -0.345 e. The Labute approximate surface area is 194 Å². The van der Waals surface area contributed by atoms with Gasteiger partial charge < -0.3 is 5.32 Å². The fourth-order valence-electron chi connectivity index (χ4n) is 4.76. The lowest BCUT2D eigenvalue weighted by Gasteiger charge is -2.24. The lowest BCUT2D eigenvalue weighted by Crippen LogP contribution is -2.31. The second-order valence-electron chi connectivity index (χ2n) is 8.74. The van der Waals surface area contributed by atoms with Crippen molar-refractivity contribution in [2.75, 3.05) is 13.1 Å². The number of sulfonamides is 1. The first-order valence-electron chi connectivity index (χ1n) is 11.5. The standard InChI is InChI=1S/C25H28N4O3S/c30-25(20-11-13-21(14-12-20)33(31,32)28-15-4-5-16-28)27-23-9-6-10-24-22(23)17-26-29(24)18-19-7-2-1-3-8-19/h1-3,7-8,11-14,17,23H,4-6,9-10,15-16,18H2,(H,27,30). The first-order chi connectivity index (χ1) is 16.0. The monoisotopic (exact) mass is 464 g/mol. The Morgan fingerprint density at radius 3 is 2.45 bits per heavy atom. The minimum atomic E-state index is -3.48. The zero-order valence-electron chi connectivity index (χ0n) is 18.5. The molecule has 0 saturated carbocycles. The van der Waals surface area contributed by atoms with Gasteiger partial charge >= 0.3 is 0 Å². The van der Waals surface area contributed by atoms with Crippen molar-refractivity contribution in [1.82, 2.24) is 19.4 Å². The molecule has 0 spiro atoms. The summed E-state index contributed by atoms with van der Waals surface area (Å²) in [4.78, 5) is 13.2. The third kappa shape index (κ3) is 4.45. The molecule has 1 atom stereocenters. The van der Waals surface area contributed by atoms with Gasteiger partial charge in [0.1, 0.15) is 0 Å². The summed E-state index contributed by atoms with van der Waals surface area (Å²) in [5, 5.41) is 7.72. The van der Waals surface area contributed by atoms with Crippen LogP contribution < -0.4 is 5.32 Å². The number of nitrogens with one attached hydrogen (secondary N) is 1. The second-order valence-corrected chi connectivity index (χ2v) is 10.7.